The molecule has 0 unspecified atom stereocenters. The lowest BCUT2D eigenvalue weighted by Crippen LogP contribution is -2.21. The van der Waals surface area contributed by atoms with E-state index in [9.17, 15) is 24.6 Å². The van der Waals surface area contributed by atoms with Gasteiger partial charge in [0.1, 0.15) is 5.78 Å². The normalized spacial score (nSPS) is 22.3. The van der Waals surface area contributed by atoms with Crippen LogP contribution in [0.2, 0.25) is 0 Å². The molecular weight excluding hydrogens is 410 g/mol. The Labute approximate surface area is 188 Å². The van der Waals surface area contributed by atoms with Crippen LogP contribution < -0.4 is 5.73 Å². The predicted octanol–water partition coefficient (Wildman–Crippen LogP) is 2.37. The van der Waals surface area contributed by atoms with Gasteiger partial charge in [-0.3, -0.25) is 9.59 Å². The molecule has 4 rings (SSSR count). The van der Waals surface area contributed by atoms with Crippen molar-refractivity contribution in [1.29, 1.82) is 0 Å². The minimum absolute atomic E-state index is 0.0173. The Morgan fingerprint density at radius 1 is 0.844 bits per heavy atom. The number of esters is 2. The van der Waals surface area contributed by atoms with Crippen LogP contribution >= 0.6 is 0 Å². The van der Waals surface area contributed by atoms with Crippen LogP contribution in [0.15, 0.2) is 48.5 Å². The van der Waals surface area contributed by atoms with Gasteiger partial charge in [-0.1, -0.05) is 48.5 Å². The fourth-order valence-corrected chi connectivity index (χ4v) is 4.02. The van der Waals surface area contributed by atoms with Crippen molar-refractivity contribution in [1.82, 2.24) is 0 Å². The lowest BCUT2D eigenvalue weighted by atomic mass is 9.94. The summed E-state index contributed by atoms with van der Waals surface area (Å²) in [6.45, 7) is 3.94. The summed E-state index contributed by atoms with van der Waals surface area (Å²) in [5.74, 6) is -0.963. The zero-order chi connectivity index (χ0) is 23.8. The lowest BCUT2D eigenvalue weighted by molar-refractivity contribution is -0.156. The van der Waals surface area contributed by atoms with Crippen LogP contribution in [0, 0.1) is 0 Å². The molecule has 0 bridgehead atoms. The number of ether oxygens (including phenoxy) is 1. The van der Waals surface area contributed by atoms with Gasteiger partial charge in [-0.2, -0.15) is 0 Å². The molecule has 0 spiro atoms. The van der Waals surface area contributed by atoms with Gasteiger partial charge in [0.15, 0.2) is 0 Å². The monoisotopic (exact) mass is 441 g/mol. The number of hydrogen-bond donors (Lipinski definition) is 3. The second-order valence-corrected chi connectivity index (χ2v) is 8.06. The summed E-state index contributed by atoms with van der Waals surface area (Å²) in [6.07, 6.45) is 1.09. The lowest BCUT2D eigenvalue weighted by Gasteiger charge is -2.13. The van der Waals surface area contributed by atoms with Gasteiger partial charge >= 0.3 is 11.9 Å². The first kappa shape index (κ1) is 25.4. The number of hydrogen-bond acceptors (Lipinski definition) is 7. The molecule has 0 radical (unpaired) electrons. The van der Waals surface area contributed by atoms with E-state index >= 15 is 0 Å². The molecule has 0 heterocycles. The Morgan fingerprint density at radius 3 is 1.78 bits per heavy atom. The predicted molar refractivity (Wildman–Crippen MR) is 120 cm³/mol. The van der Waals surface area contributed by atoms with E-state index in [1.165, 1.54) is 25.0 Å². The molecule has 0 aromatic heterocycles. The molecule has 0 saturated heterocycles. The molecule has 2 aromatic rings. The number of fused-ring (bicyclic) bond motifs is 2. The topological polar surface area (TPSA) is 127 Å². The van der Waals surface area contributed by atoms with Gasteiger partial charge in [-0.25, -0.2) is 0 Å². The van der Waals surface area contributed by atoms with Gasteiger partial charge in [0, 0.05) is 32.6 Å². The highest BCUT2D eigenvalue weighted by atomic mass is 16.6. The molecule has 0 fully saturated rings. The van der Waals surface area contributed by atoms with Gasteiger partial charge in [-0.15, -0.1) is 0 Å². The average molecular weight is 442 g/mol. The van der Waals surface area contributed by atoms with E-state index < -0.39 is 11.9 Å². The van der Waals surface area contributed by atoms with Gasteiger partial charge in [0.25, 0.3) is 0 Å². The summed E-state index contributed by atoms with van der Waals surface area (Å²) in [7, 11) is 0. The Morgan fingerprint density at radius 2 is 1.31 bits per heavy atom. The van der Waals surface area contributed by atoms with E-state index in [0.29, 0.717) is 19.3 Å². The molecule has 2 aromatic carbocycles. The number of benzene rings is 2. The summed E-state index contributed by atoms with van der Waals surface area (Å²) in [5, 5.41) is 19.2. The molecule has 4 N–H and O–H groups in total. The van der Waals surface area contributed by atoms with E-state index in [1.807, 2.05) is 48.5 Å². The summed E-state index contributed by atoms with van der Waals surface area (Å²) < 4.78 is 3.97. The van der Waals surface area contributed by atoms with Crippen molar-refractivity contribution in [2.75, 3.05) is 0 Å². The standard InChI is InChI=1S/C12H14O2.C9H11NO.C4H6O3/c1-8(13)6-11-10-5-3-2-4-9(10)7-12(11)14;10-9-7-4-2-1-3-6(7)5-8(9)11;1-3(5)7-4(2)6/h2-5,11-12,14H,6-7H2,1H3;1-4,8-9,11H,5,10H2;1-2H3/t11-,12+;8-,9+;/m10./s1. The molecule has 7 heteroatoms. The molecule has 0 aliphatic heterocycles. The second-order valence-electron chi connectivity index (χ2n) is 8.06. The highest BCUT2D eigenvalue weighted by Gasteiger charge is 2.31. The smallest absolute Gasteiger partial charge is 0.310 e. The molecule has 0 saturated carbocycles. The van der Waals surface area contributed by atoms with E-state index in [1.54, 1.807) is 6.92 Å². The first-order valence-corrected chi connectivity index (χ1v) is 10.6. The fourth-order valence-electron chi connectivity index (χ4n) is 4.02. The van der Waals surface area contributed by atoms with Gasteiger partial charge < -0.3 is 25.5 Å². The van der Waals surface area contributed by atoms with E-state index in [4.69, 9.17) is 5.73 Å². The van der Waals surface area contributed by atoms with Crippen molar-refractivity contribution >= 4 is 17.7 Å². The quantitative estimate of drug-likeness (QED) is 0.482. The molecule has 7 nitrogen and oxygen atoms in total. The van der Waals surface area contributed by atoms with Crippen LogP contribution in [-0.2, 0) is 32.0 Å². The molecule has 4 atom stereocenters. The summed E-state index contributed by atoms with van der Waals surface area (Å²) in [4.78, 5) is 30.7. The summed E-state index contributed by atoms with van der Waals surface area (Å²) in [5.41, 5.74) is 10.4. The Balaban J connectivity index is 0.000000181. The number of aliphatic hydroxyl groups is 2. The van der Waals surface area contributed by atoms with Crippen LogP contribution in [0.1, 0.15) is 61.4 Å². The van der Waals surface area contributed by atoms with Crippen molar-refractivity contribution < 1.29 is 29.3 Å². The third-order valence-corrected chi connectivity index (χ3v) is 5.40. The molecule has 2 aliphatic carbocycles. The molecule has 172 valence electrons. The van der Waals surface area contributed by atoms with Gasteiger partial charge in [-0.05, 0) is 35.6 Å². The third kappa shape index (κ3) is 7.09. The van der Waals surface area contributed by atoms with Crippen LogP contribution in [0.5, 0.6) is 0 Å². The van der Waals surface area contributed by atoms with Crippen LogP contribution in [0.4, 0.5) is 0 Å². The van der Waals surface area contributed by atoms with Crippen molar-refractivity contribution in [3.8, 4) is 0 Å². The zero-order valence-corrected chi connectivity index (χ0v) is 18.7. The molecule has 0 amide bonds. The molecule has 32 heavy (non-hydrogen) atoms. The number of rotatable bonds is 2. The second kappa shape index (κ2) is 11.7. The Hall–Kier alpha value is -2.87. The van der Waals surface area contributed by atoms with E-state index in [0.717, 1.165) is 11.1 Å². The molecule has 2 aliphatic rings. The van der Waals surface area contributed by atoms with Crippen LogP contribution in [-0.4, -0.2) is 40.1 Å². The van der Waals surface area contributed by atoms with Crippen molar-refractivity contribution in [3.63, 3.8) is 0 Å². The van der Waals surface area contributed by atoms with E-state index in [2.05, 4.69) is 4.74 Å². The number of ketones is 1. The van der Waals surface area contributed by atoms with Crippen molar-refractivity contribution in [3.05, 3.63) is 70.8 Å². The SMILES string of the molecule is CC(=O)C[C@@H]1c2ccccc2C[C@@H]1O.CC(=O)OC(C)=O.N[C@@H]1c2ccccc2C[C@@H]1O. The summed E-state index contributed by atoms with van der Waals surface area (Å²) in [6, 6.07) is 15.7. The van der Waals surface area contributed by atoms with Crippen LogP contribution in [0.3, 0.4) is 0 Å². The van der Waals surface area contributed by atoms with E-state index in [-0.39, 0.29) is 30.0 Å². The Bertz CT molecular complexity index is 945. The maximum absolute atomic E-state index is 11.0. The van der Waals surface area contributed by atoms with Gasteiger partial charge in [0.2, 0.25) is 0 Å². The van der Waals surface area contributed by atoms with Gasteiger partial charge in [0.05, 0.1) is 18.2 Å². The highest BCUT2D eigenvalue weighted by molar-refractivity contribution is 5.82. The summed E-state index contributed by atoms with van der Waals surface area (Å²) >= 11 is 0. The Kier molecular flexibility index (Phi) is 9.26. The van der Waals surface area contributed by atoms with Crippen molar-refractivity contribution in [2.45, 2.75) is 64.2 Å². The molecular formula is C25H31NO6. The first-order valence-electron chi connectivity index (χ1n) is 10.6. The number of carbonyl (C=O) groups excluding carboxylic acids is 3. The first-order chi connectivity index (χ1) is 15.1. The fraction of sp³-hybridized carbons (Fsp3) is 0.400. The zero-order valence-electron chi connectivity index (χ0n) is 18.7. The maximum atomic E-state index is 11.0. The largest absolute Gasteiger partial charge is 0.394 e. The van der Waals surface area contributed by atoms with Crippen LogP contribution in [0.25, 0.3) is 0 Å². The minimum Gasteiger partial charge on any atom is -0.394 e. The average Bonchev–Trinajstić information content (AvgIpc) is 3.18. The van der Waals surface area contributed by atoms with Crippen molar-refractivity contribution in [2.24, 2.45) is 5.73 Å². The highest BCUT2D eigenvalue weighted by Crippen LogP contribution is 2.35. The number of Topliss-reactive ketones (excluding diaryl/α,β-unsaturated/α-hetero) is 1. The minimum atomic E-state index is -0.562. The number of aliphatic hydroxyl groups excluding tert-OH is 2. The third-order valence-electron chi connectivity index (χ3n) is 5.40. The number of nitrogens with two attached hydrogens (primary N) is 1. The maximum Gasteiger partial charge on any atom is 0.310 e. The number of carbonyl (C=O) groups is 3.